The zero-order valence-electron chi connectivity index (χ0n) is 18.8. The van der Waals surface area contributed by atoms with E-state index in [4.69, 9.17) is 4.74 Å². The van der Waals surface area contributed by atoms with Crippen LogP contribution in [0.2, 0.25) is 0 Å². The lowest BCUT2D eigenvalue weighted by Crippen LogP contribution is -2.34. The first-order chi connectivity index (χ1) is 15.7. The highest BCUT2D eigenvalue weighted by Gasteiger charge is 2.18. The SMILES string of the molecule is Cc1nc2c(OCC(=O)NC(C)C)cccn2c(=O)c1-c1cc(C)n(-c2ccc(F)cc2)n1. The van der Waals surface area contributed by atoms with Crippen LogP contribution in [0.3, 0.4) is 0 Å². The van der Waals surface area contributed by atoms with E-state index in [0.717, 1.165) is 5.69 Å². The van der Waals surface area contributed by atoms with E-state index in [2.05, 4.69) is 15.4 Å². The molecule has 33 heavy (non-hydrogen) atoms. The minimum atomic E-state index is -0.337. The molecule has 0 bridgehead atoms. The number of ether oxygens (including phenoxy) is 1. The van der Waals surface area contributed by atoms with Crippen LogP contribution in [0.15, 0.2) is 53.5 Å². The Balaban J connectivity index is 1.73. The van der Waals surface area contributed by atoms with Gasteiger partial charge < -0.3 is 10.1 Å². The number of hydrogen-bond acceptors (Lipinski definition) is 5. The molecule has 0 spiro atoms. The highest BCUT2D eigenvalue weighted by atomic mass is 19.1. The fourth-order valence-corrected chi connectivity index (χ4v) is 3.60. The molecule has 0 aliphatic rings. The van der Waals surface area contributed by atoms with Gasteiger partial charge in [-0.25, -0.2) is 14.1 Å². The summed E-state index contributed by atoms with van der Waals surface area (Å²) in [5.74, 6) is -0.267. The second-order valence-corrected chi connectivity index (χ2v) is 8.01. The number of nitrogens with one attached hydrogen (secondary N) is 1. The Morgan fingerprint density at radius 2 is 1.91 bits per heavy atom. The number of fused-ring (bicyclic) bond motifs is 1. The Hall–Kier alpha value is -4.01. The maximum atomic E-state index is 13.4. The summed E-state index contributed by atoms with van der Waals surface area (Å²) in [6, 6.07) is 11.1. The van der Waals surface area contributed by atoms with Crippen LogP contribution in [0.4, 0.5) is 4.39 Å². The molecular formula is C24H24FN5O3. The van der Waals surface area contributed by atoms with Crippen LogP contribution >= 0.6 is 0 Å². The van der Waals surface area contributed by atoms with Crippen molar-refractivity contribution < 1.29 is 13.9 Å². The van der Waals surface area contributed by atoms with Gasteiger partial charge in [0.1, 0.15) is 11.5 Å². The first-order valence-electron chi connectivity index (χ1n) is 10.5. The van der Waals surface area contributed by atoms with E-state index in [0.29, 0.717) is 34.0 Å². The zero-order valence-corrected chi connectivity index (χ0v) is 18.8. The van der Waals surface area contributed by atoms with Crippen LogP contribution in [0, 0.1) is 19.7 Å². The van der Waals surface area contributed by atoms with Crippen molar-refractivity contribution in [3.8, 4) is 22.7 Å². The second kappa shape index (κ2) is 8.85. The maximum absolute atomic E-state index is 13.4. The highest BCUT2D eigenvalue weighted by molar-refractivity contribution is 5.78. The van der Waals surface area contributed by atoms with Gasteiger partial charge in [0.25, 0.3) is 11.5 Å². The van der Waals surface area contributed by atoms with Gasteiger partial charge in [-0.05, 0) is 70.2 Å². The number of aromatic nitrogens is 4. The topological polar surface area (TPSA) is 90.5 Å². The highest BCUT2D eigenvalue weighted by Crippen LogP contribution is 2.24. The summed E-state index contributed by atoms with van der Waals surface area (Å²) in [6.45, 7) is 7.12. The molecule has 8 nitrogen and oxygen atoms in total. The van der Waals surface area contributed by atoms with E-state index in [9.17, 15) is 14.0 Å². The molecule has 1 aromatic carbocycles. The molecule has 4 rings (SSSR count). The molecule has 170 valence electrons. The molecule has 0 aliphatic heterocycles. The van der Waals surface area contributed by atoms with Gasteiger partial charge in [-0.2, -0.15) is 5.10 Å². The number of nitrogens with zero attached hydrogens (tertiary/aromatic N) is 4. The average molecular weight is 449 g/mol. The normalized spacial score (nSPS) is 11.2. The molecule has 3 aromatic heterocycles. The van der Waals surface area contributed by atoms with E-state index in [1.54, 1.807) is 48.1 Å². The van der Waals surface area contributed by atoms with E-state index in [-0.39, 0.29) is 29.9 Å². The number of amides is 1. The second-order valence-electron chi connectivity index (χ2n) is 8.01. The monoisotopic (exact) mass is 449 g/mol. The molecule has 1 amide bonds. The Kier molecular flexibility index (Phi) is 5.95. The lowest BCUT2D eigenvalue weighted by atomic mass is 10.1. The van der Waals surface area contributed by atoms with Crippen molar-refractivity contribution in [2.75, 3.05) is 6.61 Å². The van der Waals surface area contributed by atoms with Gasteiger partial charge in [0.05, 0.1) is 16.9 Å². The molecule has 0 radical (unpaired) electrons. The number of halogens is 1. The van der Waals surface area contributed by atoms with E-state index >= 15 is 0 Å². The number of carbonyl (C=O) groups is 1. The van der Waals surface area contributed by atoms with Gasteiger partial charge in [-0.3, -0.25) is 14.0 Å². The molecule has 0 saturated carbocycles. The lowest BCUT2D eigenvalue weighted by Gasteiger charge is -2.12. The molecule has 9 heteroatoms. The third-order valence-electron chi connectivity index (χ3n) is 5.02. The smallest absolute Gasteiger partial charge is 0.267 e. The lowest BCUT2D eigenvalue weighted by molar-refractivity contribution is -0.123. The molecule has 0 unspecified atom stereocenters. The number of pyridine rings is 1. The first kappa shape index (κ1) is 22.2. The van der Waals surface area contributed by atoms with Gasteiger partial charge in [-0.1, -0.05) is 0 Å². The van der Waals surface area contributed by atoms with Gasteiger partial charge in [0, 0.05) is 17.9 Å². The number of hydrogen-bond donors (Lipinski definition) is 1. The molecule has 3 heterocycles. The molecule has 0 saturated heterocycles. The first-order valence-corrected chi connectivity index (χ1v) is 10.5. The van der Waals surface area contributed by atoms with Crippen molar-refractivity contribution in [3.63, 3.8) is 0 Å². The van der Waals surface area contributed by atoms with Gasteiger partial charge >= 0.3 is 0 Å². The standard InChI is InChI=1S/C24H24FN5O3/c1-14(2)26-21(31)13-33-20-6-5-11-29-23(20)27-16(4)22(24(29)32)19-12-15(3)30(28-19)18-9-7-17(25)8-10-18/h5-12,14H,13H2,1-4H3,(H,26,31). The summed E-state index contributed by atoms with van der Waals surface area (Å²) < 4.78 is 22.0. The summed E-state index contributed by atoms with van der Waals surface area (Å²) >= 11 is 0. The predicted octanol–water partition coefficient (Wildman–Crippen LogP) is 3.21. The van der Waals surface area contributed by atoms with Crippen molar-refractivity contribution in [3.05, 3.63) is 76.2 Å². The summed E-state index contributed by atoms with van der Waals surface area (Å²) in [6.07, 6.45) is 1.60. The molecule has 0 atom stereocenters. The number of aryl methyl sites for hydroxylation is 2. The van der Waals surface area contributed by atoms with E-state index in [1.807, 2.05) is 20.8 Å². The van der Waals surface area contributed by atoms with Crippen LogP contribution in [-0.4, -0.2) is 37.7 Å². The predicted molar refractivity (Wildman–Crippen MR) is 122 cm³/mol. The zero-order chi connectivity index (χ0) is 23.7. The Labute approximate surface area is 189 Å². The average Bonchev–Trinajstić information content (AvgIpc) is 3.13. The van der Waals surface area contributed by atoms with Crippen molar-refractivity contribution in [2.45, 2.75) is 33.7 Å². The van der Waals surface area contributed by atoms with Crippen molar-refractivity contribution >= 4 is 11.6 Å². The molecule has 0 aliphatic carbocycles. The summed E-state index contributed by atoms with van der Waals surface area (Å²) in [4.78, 5) is 29.9. The van der Waals surface area contributed by atoms with Crippen LogP contribution in [-0.2, 0) is 4.79 Å². The molecular weight excluding hydrogens is 425 g/mol. The van der Waals surface area contributed by atoms with Crippen molar-refractivity contribution in [1.29, 1.82) is 0 Å². The Morgan fingerprint density at radius 1 is 1.18 bits per heavy atom. The van der Waals surface area contributed by atoms with Gasteiger partial charge in [0.2, 0.25) is 0 Å². The number of carbonyl (C=O) groups excluding carboxylic acids is 1. The fraction of sp³-hybridized carbons (Fsp3) is 0.250. The summed E-state index contributed by atoms with van der Waals surface area (Å²) in [7, 11) is 0. The van der Waals surface area contributed by atoms with E-state index < -0.39 is 0 Å². The van der Waals surface area contributed by atoms with Gasteiger partial charge in [0.15, 0.2) is 18.0 Å². The van der Waals surface area contributed by atoms with Crippen LogP contribution in [0.25, 0.3) is 22.6 Å². The molecule has 1 N–H and O–H groups in total. The maximum Gasteiger partial charge on any atom is 0.267 e. The van der Waals surface area contributed by atoms with Crippen molar-refractivity contribution in [1.82, 2.24) is 24.5 Å². The fourth-order valence-electron chi connectivity index (χ4n) is 3.60. The third-order valence-corrected chi connectivity index (χ3v) is 5.02. The molecule has 0 fully saturated rings. The Bertz CT molecular complexity index is 1390. The van der Waals surface area contributed by atoms with Crippen LogP contribution in [0.5, 0.6) is 5.75 Å². The molecule has 4 aromatic rings. The van der Waals surface area contributed by atoms with Gasteiger partial charge in [-0.15, -0.1) is 0 Å². The third kappa shape index (κ3) is 4.48. The largest absolute Gasteiger partial charge is 0.480 e. The number of benzene rings is 1. The summed E-state index contributed by atoms with van der Waals surface area (Å²) in [5.41, 5.74) is 2.77. The van der Waals surface area contributed by atoms with Crippen LogP contribution < -0.4 is 15.6 Å². The summed E-state index contributed by atoms with van der Waals surface area (Å²) in [5, 5.41) is 7.33. The quantitative estimate of drug-likeness (QED) is 0.488. The minimum Gasteiger partial charge on any atom is -0.480 e. The number of rotatable bonds is 6. The van der Waals surface area contributed by atoms with Crippen LogP contribution in [0.1, 0.15) is 25.2 Å². The van der Waals surface area contributed by atoms with Crippen molar-refractivity contribution in [2.24, 2.45) is 0 Å². The van der Waals surface area contributed by atoms with E-state index in [1.165, 1.54) is 16.5 Å². The minimum absolute atomic E-state index is 0.00247. The Morgan fingerprint density at radius 3 is 2.61 bits per heavy atom.